The van der Waals surface area contributed by atoms with Crippen molar-refractivity contribution in [3.63, 3.8) is 0 Å². The minimum Gasteiger partial charge on any atom is -0.493 e. The van der Waals surface area contributed by atoms with E-state index < -0.39 is 0 Å². The lowest BCUT2D eigenvalue weighted by molar-refractivity contribution is 0.127. The van der Waals surface area contributed by atoms with Gasteiger partial charge in [0.05, 0.1) is 12.8 Å². The number of pyridine rings is 1. The summed E-state index contributed by atoms with van der Waals surface area (Å²) in [5.41, 5.74) is 7.56. The molecule has 2 N–H and O–H groups in total. The Labute approximate surface area is 161 Å². The SMILES string of the molecule is COc1cc(-c2cccc(N)n2)ccc1OCCN1CCC(N(C)C)CC1. The van der Waals surface area contributed by atoms with Crippen LogP contribution < -0.4 is 15.2 Å². The summed E-state index contributed by atoms with van der Waals surface area (Å²) in [7, 11) is 5.99. The molecule has 27 heavy (non-hydrogen) atoms. The molecule has 1 saturated heterocycles. The fourth-order valence-electron chi connectivity index (χ4n) is 3.50. The third-order valence-corrected chi connectivity index (χ3v) is 5.18. The minimum absolute atomic E-state index is 0.504. The monoisotopic (exact) mass is 370 g/mol. The van der Waals surface area contributed by atoms with Crippen molar-refractivity contribution >= 4 is 5.82 Å². The summed E-state index contributed by atoms with van der Waals surface area (Å²) in [6.07, 6.45) is 2.44. The zero-order valence-electron chi connectivity index (χ0n) is 16.5. The van der Waals surface area contributed by atoms with Gasteiger partial charge in [-0.05, 0) is 70.4 Å². The Bertz CT molecular complexity index is 743. The van der Waals surface area contributed by atoms with Crippen molar-refractivity contribution in [1.29, 1.82) is 0 Å². The molecule has 0 atom stereocenters. The molecule has 2 aromatic rings. The van der Waals surface area contributed by atoms with E-state index in [4.69, 9.17) is 15.2 Å². The number of anilines is 1. The second-order valence-corrected chi connectivity index (χ2v) is 7.20. The highest BCUT2D eigenvalue weighted by atomic mass is 16.5. The van der Waals surface area contributed by atoms with Gasteiger partial charge in [-0.2, -0.15) is 0 Å². The molecule has 1 aromatic heterocycles. The molecule has 0 amide bonds. The average Bonchev–Trinajstić information content (AvgIpc) is 2.68. The predicted molar refractivity (Wildman–Crippen MR) is 109 cm³/mol. The summed E-state index contributed by atoms with van der Waals surface area (Å²) in [6.45, 7) is 3.84. The maximum absolute atomic E-state index is 6.00. The fraction of sp³-hybridized carbons (Fsp3) is 0.476. The molecule has 2 heterocycles. The molecule has 0 radical (unpaired) electrons. The van der Waals surface area contributed by atoms with Gasteiger partial charge in [0.1, 0.15) is 12.4 Å². The van der Waals surface area contributed by atoms with Gasteiger partial charge >= 0.3 is 0 Å². The molecule has 6 nitrogen and oxygen atoms in total. The van der Waals surface area contributed by atoms with Crippen LogP contribution in [0.1, 0.15) is 12.8 Å². The zero-order valence-corrected chi connectivity index (χ0v) is 16.5. The molecule has 1 aliphatic rings. The van der Waals surface area contributed by atoms with Gasteiger partial charge in [0.25, 0.3) is 0 Å². The highest BCUT2D eigenvalue weighted by molar-refractivity contribution is 5.65. The van der Waals surface area contributed by atoms with Gasteiger partial charge in [-0.3, -0.25) is 4.90 Å². The number of nitrogen functional groups attached to an aromatic ring is 1. The molecule has 0 unspecified atom stereocenters. The van der Waals surface area contributed by atoms with Gasteiger partial charge in [0.2, 0.25) is 0 Å². The van der Waals surface area contributed by atoms with E-state index in [9.17, 15) is 0 Å². The van der Waals surface area contributed by atoms with Crippen LogP contribution in [0.4, 0.5) is 5.82 Å². The summed E-state index contributed by atoms with van der Waals surface area (Å²) < 4.78 is 11.5. The van der Waals surface area contributed by atoms with Gasteiger partial charge in [0, 0.05) is 18.2 Å². The number of hydrogen-bond acceptors (Lipinski definition) is 6. The summed E-state index contributed by atoms with van der Waals surface area (Å²) in [4.78, 5) is 9.16. The Balaban J connectivity index is 1.56. The number of piperidine rings is 1. The lowest BCUT2D eigenvalue weighted by Crippen LogP contribution is -2.43. The van der Waals surface area contributed by atoms with Crippen LogP contribution in [0.15, 0.2) is 36.4 Å². The molecule has 0 spiro atoms. The normalized spacial score (nSPS) is 15.9. The largest absolute Gasteiger partial charge is 0.493 e. The molecule has 1 fully saturated rings. The Morgan fingerprint density at radius 2 is 1.93 bits per heavy atom. The van der Waals surface area contributed by atoms with Gasteiger partial charge < -0.3 is 20.1 Å². The van der Waals surface area contributed by atoms with E-state index in [2.05, 4.69) is 28.9 Å². The molecule has 3 rings (SSSR count). The van der Waals surface area contributed by atoms with Crippen LogP contribution in [0.25, 0.3) is 11.3 Å². The van der Waals surface area contributed by atoms with Crippen molar-refractivity contribution in [3.05, 3.63) is 36.4 Å². The van der Waals surface area contributed by atoms with Crippen LogP contribution in [0, 0.1) is 0 Å². The van der Waals surface area contributed by atoms with E-state index >= 15 is 0 Å². The number of nitrogens with zero attached hydrogens (tertiary/aromatic N) is 3. The first-order chi connectivity index (χ1) is 13.1. The number of hydrogen-bond donors (Lipinski definition) is 1. The predicted octanol–water partition coefficient (Wildman–Crippen LogP) is 2.74. The van der Waals surface area contributed by atoms with Gasteiger partial charge in [-0.25, -0.2) is 4.98 Å². The van der Waals surface area contributed by atoms with Crippen LogP contribution in [-0.2, 0) is 0 Å². The lowest BCUT2D eigenvalue weighted by Gasteiger charge is -2.35. The molecule has 146 valence electrons. The third-order valence-electron chi connectivity index (χ3n) is 5.18. The number of rotatable bonds is 7. The standard InChI is InChI=1S/C21H30N4O2/c1-24(2)17-9-11-25(12-10-17)13-14-27-19-8-7-16(15-20(19)26-3)18-5-4-6-21(22)23-18/h4-8,15,17H,9-14H2,1-3H3,(H2,22,23). The van der Waals surface area contributed by atoms with Crippen LogP contribution in [0.5, 0.6) is 11.5 Å². The smallest absolute Gasteiger partial charge is 0.161 e. The fourth-order valence-corrected chi connectivity index (χ4v) is 3.50. The van der Waals surface area contributed by atoms with Crippen LogP contribution >= 0.6 is 0 Å². The Morgan fingerprint density at radius 3 is 2.59 bits per heavy atom. The first-order valence-electron chi connectivity index (χ1n) is 9.49. The quantitative estimate of drug-likeness (QED) is 0.809. The van der Waals surface area contributed by atoms with E-state index in [1.807, 2.05) is 30.3 Å². The molecule has 1 aromatic carbocycles. The van der Waals surface area contributed by atoms with Crippen molar-refractivity contribution < 1.29 is 9.47 Å². The van der Waals surface area contributed by atoms with E-state index in [1.54, 1.807) is 13.2 Å². The second-order valence-electron chi connectivity index (χ2n) is 7.20. The number of nitrogens with two attached hydrogens (primary N) is 1. The number of likely N-dealkylation sites (tertiary alicyclic amines) is 1. The molecule has 1 aliphatic heterocycles. The Morgan fingerprint density at radius 1 is 1.15 bits per heavy atom. The van der Waals surface area contributed by atoms with Gasteiger partial charge in [0.15, 0.2) is 11.5 Å². The molecule has 0 bridgehead atoms. The van der Waals surface area contributed by atoms with E-state index in [0.29, 0.717) is 24.2 Å². The van der Waals surface area contributed by atoms with Crippen LogP contribution in [0.2, 0.25) is 0 Å². The first-order valence-corrected chi connectivity index (χ1v) is 9.49. The molecule has 0 aliphatic carbocycles. The second kappa shape index (κ2) is 9.06. The minimum atomic E-state index is 0.504. The summed E-state index contributed by atoms with van der Waals surface area (Å²) >= 11 is 0. The van der Waals surface area contributed by atoms with Crippen molar-refractivity contribution in [1.82, 2.24) is 14.8 Å². The zero-order chi connectivity index (χ0) is 19.2. The van der Waals surface area contributed by atoms with E-state index in [0.717, 1.165) is 36.6 Å². The van der Waals surface area contributed by atoms with Crippen molar-refractivity contribution in [3.8, 4) is 22.8 Å². The maximum Gasteiger partial charge on any atom is 0.161 e. The average molecular weight is 370 g/mol. The van der Waals surface area contributed by atoms with Crippen molar-refractivity contribution in [2.45, 2.75) is 18.9 Å². The first kappa shape index (κ1) is 19.5. The summed E-state index contributed by atoms with van der Waals surface area (Å²) in [5.74, 6) is 1.97. The molecule has 6 heteroatoms. The highest BCUT2D eigenvalue weighted by Crippen LogP contribution is 2.32. The summed E-state index contributed by atoms with van der Waals surface area (Å²) in [5, 5.41) is 0. The van der Waals surface area contributed by atoms with Crippen molar-refractivity contribution in [2.75, 3.05) is 53.2 Å². The Kier molecular flexibility index (Phi) is 6.53. The third kappa shape index (κ3) is 5.11. The van der Waals surface area contributed by atoms with Gasteiger partial charge in [-0.1, -0.05) is 6.07 Å². The maximum atomic E-state index is 6.00. The van der Waals surface area contributed by atoms with Crippen LogP contribution in [-0.4, -0.2) is 68.3 Å². The lowest BCUT2D eigenvalue weighted by atomic mass is 10.0. The van der Waals surface area contributed by atoms with E-state index in [1.165, 1.54) is 12.8 Å². The molecule has 0 saturated carbocycles. The number of aromatic nitrogens is 1. The van der Waals surface area contributed by atoms with Crippen molar-refractivity contribution in [2.24, 2.45) is 0 Å². The number of benzene rings is 1. The number of methoxy groups -OCH3 is 1. The van der Waals surface area contributed by atoms with Gasteiger partial charge in [-0.15, -0.1) is 0 Å². The van der Waals surface area contributed by atoms with E-state index in [-0.39, 0.29) is 0 Å². The number of ether oxygens (including phenoxy) is 2. The summed E-state index contributed by atoms with van der Waals surface area (Å²) in [6, 6.07) is 12.2. The Hall–Kier alpha value is -2.31. The van der Waals surface area contributed by atoms with Crippen LogP contribution in [0.3, 0.4) is 0 Å². The topological polar surface area (TPSA) is 63.9 Å². The molecular formula is C21H30N4O2. The highest BCUT2D eigenvalue weighted by Gasteiger charge is 2.20. The molecular weight excluding hydrogens is 340 g/mol.